The highest BCUT2D eigenvalue weighted by Crippen LogP contribution is 2.34. The zero-order valence-electron chi connectivity index (χ0n) is 14.1. The smallest absolute Gasteiger partial charge is 0.308 e. The van der Waals surface area contributed by atoms with Crippen molar-refractivity contribution in [3.05, 3.63) is 47.2 Å². The second-order valence-electron chi connectivity index (χ2n) is 6.49. The van der Waals surface area contributed by atoms with Gasteiger partial charge in [-0.2, -0.15) is 0 Å². The number of likely N-dealkylation sites (tertiary alicyclic amines) is 1. The normalized spacial score (nSPS) is 20.4. The average Bonchev–Trinajstić information content (AvgIpc) is 3.09. The molecule has 0 aliphatic carbocycles. The van der Waals surface area contributed by atoms with Crippen LogP contribution in [0.4, 0.5) is 0 Å². The van der Waals surface area contributed by atoms with Crippen molar-refractivity contribution in [3.63, 3.8) is 0 Å². The summed E-state index contributed by atoms with van der Waals surface area (Å²) in [7, 11) is 0. The van der Waals surface area contributed by atoms with E-state index >= 15 is 0 Å². The molecule has 1 fully saturated rings. The van der Waals surface area contributed by atoms with Crippen LogP contribution < -0.4 is 0 Å². The lowest BCUT2D eigenvalue weighted by atomic mass is 9.99. The second-order valence-corrected chi connectivity index (χ2v) is 6.49. The first-order valence-corrected chi connectivity index (χ1v) is 8.07. The fourth-order valence-corrected chi connectivity index (χ4v) is 3.29. The molecule has 1 aromatic carbocycles. The first-order valence-electron chi connectivity index (χ1n) is 8.07. The van der Waals surface area contributed by atoms with Crippen molar-refractivity contribution in [2.45, 2.75) is 20.8 Å². The molecule has 1 saturated heterocycles. The zero-order chi connectivity index (χ0) is 17.4. The fourth-order valence-electron chi connectivity index (χ4n) is 3.29. The lowest BCUT2D eigenvalue weighted by molar-refractivity contribution is -0.142. The van der Waals surface area contributed by atoms with Crippen molar-refractivity contribution in [3.8, 4) is 11.3 Å². The quantitative estimate of drug-likeness (QED) is 0.938. The summed E-state index contributed by atoms with van der Waals surface area (Å²) in [5.41, 5.74) is 2.20. The van der Waals surface area contributed by atoms with Crippen LogP contribution in [0.25, 0.3) is 11.3 Å². The summed E-state index contributed by atoms with van der Waals surface area (Å²) in [5.74, 6) is -0.302. The van der Waals surface area contributed by atoms with E-state index in [1.54, 1.807) is 4.90 Å². The summed E-state index contributed by atoms with van der Waals surface area (Å²) < 4.78 is 5.85. The van der Waals surface area contributed by atoms with Gasteiger partial charge in [0.05, 0.1) is 11.5 Å². The standard InChI is InChI=1S/C19H21NO4/c1-11-9-20(10-15(11)19(22)23)18(21)16-12(2)13(3)24-17(16)14-7-5-4-6-8-14/h4-8,11,15H,9-10H2,1-3H3,(H,22,23)/t11-,15-/m1/s1. The van der Waals surface area contributed by atoms with Crippen LogP contribution in [0.2, 0.25) is 0 Å². The largest absolute Gasteiger partial charge is 0.481 e. The minimum absolute atomic E-state index is 0.0556. The molecule has 0 radical (unpaired) electrons. The van der Waals surface area contributed by atoms with Crippen molar-refractivity contribution in [1.29, 1.82) is 0 Å². The number of carboxylic acids is 1. The Morgan fingerprint density at radius 3 is 2.42 bits per heavy atom. The van der Waals surface area contributed by atoms with E-state index in [4.69, 9.17) is 4.42 Å². The first-order chi connectivity index (χ1) is 11.4. The van der Waals surface area contributed by atoms with Crippen molar-refractivity contribution >= 4 is 11.9 Å². The Balaban J connectivity index is 1.98. The van der Waals surface area contributed by atoms with Gasteiger partial charge in [-0.15, -0.1) is 0 Å². The van der Waals surface area contributed by atoms with E-state index in [0.717, 1.165) is 11.1 Å². The molecular formula is C19H21NO4. The van der Waals surface area contributed by atoms with Crippen LogP contribution in [0.1, 0.15) is 28.6 Å². The van der Waals surface area contributed by atoms with E-state index in [1.807, 2.05) is 51.1 Å². The van der Waals surface area contributed by atoms with Crippen LogP contribution in [0.3, 0.4) is 0 Å². The van der Waals surface area contributed by atoms with Gasteiger partial charge in [0.25, 0.3) is 5.91 Å². The van der Waals surface area contributed by atoms with E-state index in [1.165, 1.54) is 0 Å². The molecule has 5 heteroatoms. The topological polar surface area (TPSA) is 70.8 Å². The molecule has 2 atom stereocenters. The van der Waals surface area contributed by atoms with E-state index < -0.39 is 11.9 Å². The molecule has 24 heavy (non-hydrogen) atoms. The molecule has 0 spiro atoms. The molecule has 2 heterocycles. The van der Waals surface area contributed by atoms with Gasteiger partial charge >= 0.3 is 5.97 Å². The Morgan fingerprint density at radius 1 is 1.17 bits per heavy atom. The SMILES string of the molecule is Cc1oc(-c2ccccc2)c(C(=O)N2C[C@@H](C)[C@H](C(=O)O)C2)c1C. The Labute approximate surface area is 140 Å². The van der Waals surface area contributed by atoms with Gasteiger partial charge in [0, 0.05) is 24.2 Å². The summed E-state index contributed by atoms with van der Waals surface area (Å²) in [5, 5.41) is 9.29. The summed E-state index contributed by atoms with van der Waals surface area (Å²) in [6.07, 6.45) is 0. The van der Waals surface area contributed by atoms with Gasteiger partial charge in [0.1, 0.15) is 11.5 Å². The molecule has 2 aromatic rings. The summed E-state index contributed by atoms with van der Waals surface area (Å²) >= 11 is 0. The molecule has 1 aliphatic rings. The second kappa shape index (κ2) is 6.15. The van der Waals surface area contributed by atoms with Crippen molar-refractivity contribution in [2.75, 3.05) is 13.1 Å². The number of furan rings is 1. The van der Waals surface area contributed by atoms with E-state index in [0.29, 0.717) is 23.6 Å². The lowest BCUT2D eigenvalue weighted by Crippen LogP contribution is -2.30. The molecule has 0 saturated carbocycles. The molecule has 126 valence electrons. The maximum absolute atomic E-state index is 13.1. The maximum Gasteiger partial charge on any atom is 0.308 e. The number of aryl methyl sites for hydroxylation is 1. The predicted octanol–water partition coefficient (Wildman–Crippen LogP) is 3.36. The minimum Gasteiger partial charge on any atom is -0.481 e. The van der Waals surface area contributed by atoms with Gasteiger partial charge in [-0.1, -0.05) is 37.3 Å². The Hall–Kier alpha value is -2.56. The number of amides is 1. The highest BCUT2D eigenvalue weighted by atomic mass is 16.4. The third-order valence-corrected chi connectivity index (χ3v) is 4.85. The minimum atomic E-state index is -0.846. The number of carboxylic acid groups (broad SMARTS) is 1. The van der Waals surface area contributed by atoms with Crippen LogP contribution in [0, 0.1) is 25.7 Å². The van der Waals surface area contributed by atoms with Crippen LogP contribution >= 0.6 is 0 Å². The maximum atomic E-state index is 13.1. The fraction of sp³-hybridized carbons (Fsp3) is 0.368. The summed E-state index contributed by atoms with van der Waals surface area (Å²) in [6, 6.07) is 9.51. The van der Waals surface area contributed by atoms with Gasteiger partial charge in [-0.3, -0.25) is 9.59 Å². The highest BCUT2D eigenvalue weighted by Gasteiger charge is 2.38. The number of aliphatic carboxylic acids is 1. The number of rotatable bonds is 3. The van der Waals surface area contributed by atoms with Crippen molar-refractivity contribution in [2.24, 2.45) is 11.8 Å². The van der Waals surface area contributed by atoms with Gasteiger partial charge in [0.15, 0.2) is 0 Å². The molecule has 1 amide bonds. The number of hydrogen-bond acceptors (Lipinski definition) is 3. The zero-order valence-corrected chi connectivity index (χ0v) is 14.1. The first kappa shape index (κ1) is 16.3. The molecule has 1 N–H and O–H groups in total. The summed E-state index contributed by atoms with van der Waals surface area (Å²) in [4.78, 5) is 26.0. The predicted molar refractivity (Wildman–Crippen MR) is 89.8 cm³/mol. The highest BCUT2D eigenvalue weighted by molar-refractivity contribution is 6.01. The summed E-state index contributed by atoms with van der Waals surface area (Å²) in [6.45, 7) is 6.27. The van der Waals surface area contributed by atoms with Crippen LogP contribution in [-0.2, 0) is 4.79 Å². The molecule has 0 unspecified atom stereocenters. The van der Waals surface area contributed by atoms with E-state index in [-0.39, 0.29) is 18.4 Å². The number of benzene rings is 1. The third-order valence-electron chi connectivity index (χ3n) is 4.85. The molecule has 1 aliphatic heterocycles. The number of carbonyl (C=O) groups is 2. The van der Waals surface area contributed by atoms with Crippen LogP contribution in [0.15, 0.2) is 34.7 Å². The third kappa shape index (κ3) is 2.70. The van der Waals surface area contributed by atoms with Crippen LogP contribution in [0.5, 0.6) is 0 Å². The van der Waals surface area contributed by atoms with Gasteiger partial charge < -0.3 is 14.4 Å². The number of nitrogens with zero attached hydrogens (tertiary/aromatic N) is 1. The van der Waals surface area contributed by atoms with E-state index in [9.17, 15) is 14.7 Å². The molecule has 1 aromatic heterocycles. The van der Waals surface area contributed by atoms with Crippen LogP contribution in [-0.4, -0.2) is 35.0 Å². The Kier molecular flexibility index (Phi) is 4.18. The molecule has 3 rings (SSSR count). The Bertz CT molecular complexity index is 778. The van der Waals surface area contributed by atoms with E-state index in [2.05, 4.69) is 0 Å². The lowest BCUT2D eigenvalue weighted by Gasteiger charge is -2.16. The average molecular weight is 327 g/mol. The molecule has 0 bridgehead atoms. The van der Waals surface area contributed by atoms with Crippen molar-refractivity contribution < 1.29 is 19.1 Å². The van der Waals surface area contributed by atoms with Crippen molar-refractivity contribution in [1.82, 2.24) is 4.90 Å². The van der Waals surface area contributed by atoms with Gasteiger partial charge in [0.2, 0.25) is 0 Å². The number of carbonyl (C=O) groups excluding carboxylic acids is 1. The monoisotopic (exact) mass is 327 g/mol. The molecular weight excluding hydrogens is 306 g/mol. The Morgan fingerprint density at radius 2 is 1.83 bits per heavy atom. The van der Waals surface area contributed by atoms with Gasteiger partial charge in [-0.25, -0.2) is 0 Å². The molecule has 5 nitrogen and oxygen atoms in total. The van der Waals surface area contributed by atoms with Gasteiger partial charge in [-0.05, 0) is 19.8 Å². The number of hydrogen-bond donors (Lipinski definition) is 1.